The van der Waals surface area contributed by atoms with E-state index >= 15 is 0 Å². The summed E-state index contributed by atoms with van der Waals surface area (Å²) in [7, 11) is 0. The Morgan fingerprint density at radius 3 is 2.59 bits per heavy atom. The van der Waals surface area contributed by atoms with Crippen LogP contribution in [0.25, 0.3) is 0 Å². The highest BCUT2D eigenvalue weighted by Gasteiger charge is 2.07. The maximum absolute atomic E-state index is 13.0. The summed E-state index contributed by atoms with van der Waals surface area (Å²) < 4.78 is 19.2. The highest BCUT2D eigenvalue weighted by molar-refractivity contribution is 9.10. The van der Waals surface area contributed by atoms with Gasteiger partial charge in [0.25, 0.3) is 0 Å². The first kappa shape index (κ1) is 14.5. The van der Waals surface area contributed by atoms with Gasteiger partial charge in [0.1, 0.15) is 11.6 Å². The molecular weight excluding hydrogens is 285 g/mol. The number of benzene rings is 1. The average Bonchev–Trinajstić information content (AvgIpc) is 2.13. The fourth-order valence-electron chi connectivity index (χ4n) is 1.34. The summed E-state index contributed by atoms with van der Waals surface area (Å²) >= 11 is 3.23. The Morgan fingerprint density at radius 1 is 1.29 bits per heavy atom. The molecule has 0 aromatic heterocycles. The van der Waals surface area contributed by atoms with E-state index in [0.717, 1.165) is 13.0 Å². The maximum Gasteiger partial charge on any atom is 0.128 e. The van der Waals surface area contributed by atoms with E-state index in [4.69, 9.17) is 4.74 Å². The molecule has 0 saturated carbocycles. The maximum atomic E-state index is 13.0. The third kappa shape index (κ3) is 6.64. The molecule has 0 aliphatic rings. The van der Waals surface area contributed by atoms with Crippen molar-refractivity contribution in [1.82, 2.24) is 5.32 Å². The molecule has 17 heavy (non-hydrogen) atoms. The van der Waals surface area contributed by atoms with Gasteiger partial charge in [-0.2, -0.15) is 0 Å². The molecule has 4 heteroatoms. The van der Waals surface area contributed by atoms with Crippen molar-refractivity contribution >= 4 is 15.9 Å². The van der Waals surface area contributed by atoms with Gasteiger partial charge >= 0.3 is 0 Å². The van der Waals surface area contributed by atoms with E-state index in [1.165, 1.54) is 12.1 Å². The van der Waals surface area contributed by atoms with Crippen LogP contribution in [0.5, 0.6) is 5.75 Å². The Balaban J connectivity index is 2.27. The van der Waals surface area contributed by atoms with Crippen LogP contribution in [-0.2, 0) is 0 Å². The number of ether oxygens (including phenoxy) is 1. The average molecular weight is 304 g/mol. The second kappa shape index (κ2) is 6.36. The molecule has 0 saturated heterocycles. The molecule has 2 nitrogen and oxygen atoms in total. The van der Waals surface area contributed by atoms with E-state index in [1.807, 2.05) is 0 Å². The molecule has 0 aliphatic heterocycles. The Labute approximate surface area is 111 Å². The summed E-state index contributed by atoms with van der Waals surface area (Å²) in [5, 5.41) is 3.37. The van der Waals surface area contributed by atoms with Crippen LogP contribution in [0.15, 0.2) is 22.7 Å². The molecule has 0 radical (unpaired) electrons. The first-order chi connectivity index (χ1) is 7.87. The first-order valence-corrected chi connectivity index (χ1v) is 6.50. The lowest BCUT2D eigenvalue weighted by molar-refractivity contribution is 0.297. The number of hydrogen-bond donors (Lipinski definition) is 1. The zero-order valence-corrected chi connectivity index (χ0v) is 12.1. The van der Waals surface area contributed by atoms with E-state index in [9.17, 15) is 4.39 Å². The van der Waals surface area contributed by atoms with E-state index in [-0.39, 0.29) is 11.4 Å². The molecule has 0 fully saturated rings. The molecule has 0 atom stereocenters. The van der Waals surface area contributed by atoms with Crippen molar-refractivity contribution in [1.29, 1.82) is 0 Å². The minimum atomic E-state index is -0.290. The van der Waals surface area contributed by atoms with Crippen LogP contribution in [-0.4, -0.2) is 18.7 Å². The van der Waals surface area contributed by atoms with Crippen LogP contribution in [0.2, 0.25) is 0 Å². The number of halogens is 2. The minimum Gasteiger partial charge on any atom is -0.493 e. The Hall–Kier alpha value is -0.610. The Bertz CT molecular complexity index is 343. The van der Waals surface area contributed by atoms with E-state index in [0.29, 0.717) is 16.8 Å². The molecule has 0 amide bonds. The molecule has 1 aromatic rings. The smallest absolute Gasteiger partial charge is 0.128 e. The lowest BCUT2D eigenvalue weighted by Crippen LogP contribution is -2.36. The van der Waals surface area contributed by atoms with E-state index < -0.39 is 0 Å². The van der Waals surface area contributed by atoms with Crippen LogP contribution >= 0.6 is 15.9 Å². The normalized spacial score (nSPS) is 11.6. The lowest BCUT2D eigenvalue weighted by Gasteiger charge is -2.20. The van der Waals surface area contributed by atoms with Gasteiger partial charge in [-0.25, -0.2) is 4.39 Å². The third-order valence-electron chi connectivity index (χ3n) is 2.08. The molecule has 96 valence electrons. The van der Waals surface area contributed by atoms with Gasteiger partial charge in [0.05, 0.1) is 6.61 Å². The summed E-state index contributed by atoms with van der Waals surface area (Å²) in [6, 6.07) is 4.57. The van der Waals surface area contributed by atoms with Crippen LogP contribution in [0.1, 0.15) is 27.2 Å². The van der Waals surface area contributed by atoms with Gasteiger partial charge in [0, 0.05) is 16.1 Å². The van der Waals surface area contributed by atoms with Gasteiger partial charge in [-0.1, -0.05) is 15.9 Å². The zero-order chi connectivity index (χ0) is 12.9. The highest BCUT2D eigenvalue weighted by atomic mass is 79.9. The Morgan fingerprint density at radius 2 is 2.00 bits per heavy atom. The van der Waals surface area contributed by atoms with Gasteiger partial charge in [-0.05, 0) is 45.9 Å². The largest absolute Gasteiger partial charge is 0.493 e. The molecule has 0 spiro atoms. The SMILES string of the molecule is CC(C)(C)NCCCOc1cc(F)cc(Br)c1. The first-order valence-electron chi connectivity index (χ1n) is 5.71. The molecular formula is C13H19BrFNO. The second-order valence-electron chi connectivity index (χ2n) is 4.98. The fourth-order valence-corrected chi connectivity index (χ4v) is 1.78. The van der Waals surface area contributed by atoms with E-state index in [1.54, 1.807) is 6.07 Å². The molecule has 1 rings (SSSR count). The monoisotopic (exact) mass is 303 g/mol. The van der Waals surface area contributed by atoms with Crippen molar-refractivity contribution in [3.63, 3.8) is 0 Å². The van der Waals surface area contributed by atoms with Crippen molar-refractivity contribution in [2.24, 2.45) is 0 Å². The van der Waals surface area contributed by atoms with Crippen LogP contribution in [0, 0.1) is 5.82 Å². The van der Waals surface area contributed by atoms with Crippen LogP contribution in [0.4, 0.5) is 4.39 Å². The topological polar surface area (TPSA) is 21.3 Å². The molecule has 1 aromatic carbocycles. The van der Waals surface area contributed by atoms with Gasteiger partial charge in [-0.3, -0.25) is 0 Å². The molecule has 0 bridgehead atoms. The minimum absolute atomic E-state index is 0.127. The van der Waals surface area contributed by atoms with Crippen molar-refractivity contribution in [3.05, 3.63) is 28.5 Å². The van der Waals surface area contributed by atoms with Crippen LogP contribution < -0.4 is 10.1 Å². The lowest BCUT2D eigenvalue weighted by atomic mass is 10.1. The van der Waals surface area contributed by atoms with Crippen molar-refractivity contribution in [2.75, 3.05) is 13.2 Å². The number of rotatable bonds is 5. The zero-order valence-electron chi connectivity index (χ0n) is 10.5. The number of hydrogen-bond acceptors (Lipinski definition) is 2. The molecule has 0 aliphatic carbocycles. The summed E-state index contributed by atoms with van der Waals surface area (Å²) in [6.07, 6.45) is 0.894. The van der Waals surface area contributed by atoms with Crippen molar-refractivity contribution < 1.29 is 9.13 Å². The summed E-state index contributed by atoms with van der Waals surface area (Å²) in [5.74, 6) is 0.273. The molecule has 1 N–H and O–H groups in total. The Kier molecular flexibility index (Phi) is 5.40. The molecule has 0 unspecified atom stereocenters. The second-order valence-corrected chi connectivity index (χ2v) is 5.90. The fraction of sp³-hybridized carbons (Fsp3) is 0.538. The number of nitrogens with one attached hydrogen (secondary N) is 1. The van der Waals surface area contributed by atoms with Gasteiger partial charge in [-0.15, -0.1) is 0 Å². The predicted octanol–water partition coefficient (Wildman–Crippen LogP) is 3.75. The third-order valence-corrected chi connectivity index (χ3v) is 2.54. The van der Waals surface area contributed by atoms with Crippen molar-refractivity contribution in [2.45, 2.75) is 32.7 Å². The van der Waals surface area contributed by atoms with Crippen LogP contribution in [0.3, 0.4) is 0 Å². The summed E-state index contributed by atoms with van der Waals surface area (Å²) in [4.78, 5) is 0. The van der Waals surface area contributed by atoms with Crippen molar-refractivity contribution in [3.8, 4) is 5.75 Å². The predicted molar refractivity (Wildman–Crippen MR) is 72.0 cm³/mol. The summed E-state index contributed by atoms with van der Waals surface area (Å²) in [6.45, 7) is 7.84. The molecule has 0 heterocycles. The van der Waals surface area contributed by atoms with Gasteiger partial charge < -0.3 is 10.1 Å². The standard InChI is InChI=1S/C13H19BrFNO/c1-13(2,3)16-5-4-6-17-12-8-10(14)7-11(15)9-12/h7-9,16H,4-6H2,1-3H3. The van der Waals surface area contributed by atoms with E-state index in [2.05, 4.69) is 42.0 Å². The highest BCUT2D eigenvalue weighted by Crippen LogP contribution is 2.20. The van der Waals surface area contributed by atoms with Gasteiger partial charge in [0.15, 0.2) is 0 Å². The van der Waals surface area contributed by atoms with Gasteiger partial charge in [0.2, 0.25) is 0 Å². The quantitative estimate of drug-likeness (QED) is 0.837. The summed E-state index contributed by atoms with van der Waals surface area (Å²) in [5.41, 5.74) is 0.127.